The fourth-order valence-electron chi connectivity index (χ4n) is 5.73. The summed E-state index contributed by atoms with van der Waals surface area (Å²) in [4.78, 5) is 2.13. The molecule has 0 radical (unpaired) electrons. The van der Waals surface area contributed by atoms with Crippen LogP contribution in [0, 0.1) is 0 Å². The first-order valence-corrected chi connectivity index (χ1v) is 17.1. The summed E-state index contributed by atoms with van der Waals surface area (Å²) in [7, 11) is -4.47. The second kappa shape index (κ2) is 20.5. The van der Waals surface area contributed by atoms with Gasteiger partial charge in [-0.1, -0.05) is 140 Å². The molecule has 2 aromatic carbocycles. The van der Waals surface area contributed by atoms with Crippen LogP contribution in [0.3, 0.4) is 0 Å². The van der Waals surface area contributed by atoms with E-state index in [4.69, 9.17) is 0 Å². The van der Waals surface area contributed by atoms with Crippen LogP contribution in [0.5, 0.6) is 0 Å². The number of nitrogens with one attached hydrogen (secondary N) is 1. The molecule has 0 saturated carbocycles. The van der Waals surface area contributed by atoms with Gasteiger partial charge in [-0.2, -0.15) is 0 Å². The van der Waals surface area contributed by atoms with E-state index in [1.165, 1.54) is 120 Å². The van der Waals surface area contributed by atoms with Gasteiger partial charge in [0.1, 0.15) is 10.1 Å². The number of benzene rings is 2. The maximum atomic E-state index is 11.5. The van der Waals surface area contributed by atoms with E-state index in [-0.39, 0.29) is 62.4 Å². The molecule has 3 rings (SSSR count). The van der Waals surface area contributed by atoms with E-state index >= 15 is 0 Å². The summed E-state index contributed by atoms with van der Waals surface area (Å²) >= 11 is 0. The second-order valence-electron chi connectivity index (χ2n) is 11.4. The second-order valence-corrected chi connectivity index (χ2v) is 12.7. The first kappa shape index (κ1) is 35.8. The zero-order valence-electron chi connectivity index (χ0n) is 25.2. The van der Waals surface area contributed by atoms with Crippen LogP contribution >= 0.6 is 0 Å². The number of unbranched alkanes of at least 4 members (excludes halogenated alkanes) is 16. The molecular weight excluding hydrogens is 544 g/mol. The third-order valence-corrected chi connectivity index (χ3v) is 8.87. The minimum Gasteiger partial charge on any atom is -0.744 e. The van der Waals surface area contributed by atoms with E-state index in [2.05, 4.69) is 29.3 Å². The van der Waals surface area contributed by atoms with Gasteiger partial charge >= 0.3 is 51.4 Å². The number of hydrogen-bond acceptors (Lipinski definition) is 5. The van der Waals surface area contributed by atoms with Gasteiger partial charge in [-0.05, 0) is 36.6 Å². The van der Waals surface area contributed by atoms with Gasteiger partial charge in [-0.15, -0.1) is 0 Å². The van der Waals surface area contributed by atoms with Crippen LogP contribution in [0.4, 0.5) is 11.4 Å². The van der Waals surface area contributed by atoms with E-state index < -0.39 is 10.1 Å². The molecule has 7 heteroatoms. The topological polar surface area (TPSA) is 72.5 Å². The van der Waals surface area contributed by atoms with Crippen LogP contribution in [0.1, 0.15) is 128 Å². The van der Waals surface area contributed by atoms with Gasteiger partial charge in [0.25, 0.3) is 0 Å². The molecule has 0 bridgehead atoms. The molecule has 1 aliphatic rings. The molecule has 0 aromatic heterocycles. The maximum absolute atomic E-state index is 11.5. The van der Waals surface area contributed by atoms with Crippen molar-refractivity contribution in [2.24, 2.45) is 0 Å². The Kier molecular flexibility index (Phi) is 18.3. The molecule has 2 aromatic rings. The van der Waals surface area contributed by atoms with Gasteiger partial charge in [0.05, 0.1) is 22.4 Å². The van der Waals surface area contributed by atoms with E-state index in [1.807, 2.05) is 18.2 Å². The number of hydrogen-bond donors (Lipinski definition) is 1. The van der Waals surface area contributed by atoms with Crippen LogP contribution in [0.25, 0.3) is 0 Å². The first-order valence-electron chi connectivity index (χ1n) is 15.7. The fourth-order valence-corrected chi connectivity index (χ4v) is 6.22. The Balaban J connectivity index is 0.00000560. The molecule has 1 unspecified atom stereocenters. The minimum absolute atomic E-state index is 0. The summed E-state index contributed by atoms with van der Waals surface area (Å²) in [5.74, 6) is 0. The SMILES string of the molecule is CCCCCCCCCCCCCCCCCCCC1Nc2cc(S(=O)(=O)[O-])ccc2N1Cc1ccccc1.[K+]. The summed E-state index contributed by atoms with van der Waals surface area (Å²) < 4.78 is 34.6. The first-order chi connectivity index (χ1) is 19.0. The molecule has 0 saturated heterocycles. The predicted octanol–water partition coefficient (Wildman–Crippen LogP) is 6.39. The van der Waals surface area contributed by atoms with Crippen LogP contribution in [-0.2, 0) is 16.7 Å². The third-order valence-electron chi connectivity index (χ3n) is 8.04. The van der Waals surface area contributed by atoms with Crippen LogP contribution < -0.4 is 61.6 Å². The zero-order chi connectivity index (χ0) is 27.8. The molecule has 0 aliphatic carbocycles. The molecule has 0 fully saturated rings. The summed E-state index contributed by atoms with van der Waals surface area (Å²) in [6.07, 6.45) is 24.2. The predicted molar refractivity (Wildman–Crippen MR) is 163 cm³/mol. The van der Waals surface area contributed by atoms with Crippen LogP contribution in [0.15, 0.2) is 53.4 Å². The minimum atomic E-state index is -4.47. The summed E-state index contributed by atoms with van der Waals surface area (Å²) in [6, 6.07) is 15.0. The van der Waals surface area contributed by atoms with Gasteiger partial charge < -0.3 is 14.8 Å². The normalized spacial score (nSPS) is 14.6. The van der Waals surface area contributed by atoms with Crippen molar-refractivity contribution >= 4 is 21.5 Å². The van der Waals surface area contributed by atoms with E-state index in [0.717, 1.165) is 30.8 Å². The van der Waals surface area contributed by atoms with Crippen molar-refractivity contribution in [3.8, 4) is 0 Å². The average Bonchev–Trinajstić information content (AvgIpc) is 3.26. The average molecular weight is 595 g/mol. The largest absolute Gasteiger partial charge is 1.00 e. The van der Waals surface area contributed by atoms with Crippen LogP contribution in [-0.4, -0.2) is 19.1 Å². The Morgan fingerprint density at radius 2 is 1.23 bits per heavy atom. The molecule has 218 valence electrons. The maximum Gasteiger partial charge on any atom is 1.00 e. The van der Waals surface area contributed by atoms with Crippen molar-refractivity contribution in [3.63, 3.8) is 0 Å². The van der Waals surface area contributed by atoms with Crippen molar-refractivity contribution in [3.05, 3.63) is 54.1 Å². The van der Waals surface area contributed by atoms with E-state index in [0.29, 0.717) is 0 Å². The van der Waals surface area contributed by atoms with Gasteiger partial charge in [-0.3, -0.25) is 0 Å². The van der Waals surface area contributed by atoms with E-state index in [9.17, 15) is 13.0 Å². The van der Waals surface area contributed by atoms with Crippen molar-refractivity contribution in [2.45, 2.75) is 140 Å². The summed E-state index contributed by atoms with van der Waals surface area (Å²) in [5, 5.41) is 3.49. The Labute approximate surface area is 287 Å². The molecule has 40 heavy (non-hydrogen) atoms. The standard InChI is InChI=1S/C33H52N2O3S.K/c1-2-3-4-5-6-7-8-9-10-11-12-13-14-15-16-17-21-24-33-34-31-27-30(39(36,37)38)25-26-32(31)35(33)28-29-22-19-18-20-23-29;/h18-20,22-23,25-27,33-34H,2-17,21,24,28H2,1H3,(H,36,37,38);/q;+1/p-1. The molecular formula is C33H51KN2O3S. The van der Waals surface area contributed by atoms with Gasteiger partial charge in [0.15, 0.2) is 0 Å². The monoisotopic (exact) mass is 594 g/mol. The van der Waals surface area contributed by atoms with Crippen molar-refractivity contribution in [2.75, 3.05) is 10.2 Å². The van der Waals surface area contributed by atoms with E-state index in [1.54, 1.807) is 6.07 Å². The smallest absolute Gasteiger partial charge is 0.744 e. The Hall–Kier alpha value is -0.414. The van der Waals surface area contributed by atoms with Crippen molar-refractivity contribution in [1.29, 1.82) is 0 Å². The summed E-state index contributed by atoms with van der Waals surface area (Å²) in [6.45, 7) is 3.02. The molecule has 1 aliphatic heterocycles. The van der Waals surface area contributed by atoms with Crippen LogP contribution in [0.2, 0.25) is 0 Å². The quantitative estimate of drug-likeness (QED) is 0.103. The molecule has 1 heterocycles. The fraction of sp³-hybridized carbons (Fsp3) is 0.636. The third kappa shape index (κ3) is 13.3. The molecule has 0 amide bonds. The Bertz CT molecular complexity index is 1050. The number of anilines is 2. The molecule has 1 atom stereocenters. The Morgan fingerprint density at radius 3 is 1.73 bits per heavy atom. The van der Waals surface area contributed by atoms with Gasteiger partial charge in [0.2, 0.25) is 0 Å². The van der Waals surface area contributed by atoms with Crippen molar-refractivity contribution < 1.29 is 64.4 Å². The number of rotatable bonds is 21. The molecule has 1 N–H and O–H groups in total. The Morgan fingerprint density at radius 1 is 0.725 bits per heavy atom. The molecule has 0 spiro atoms. The van der Waals surface area contributed by atoms with Gasteiger partial charge in [-0.25, -0.2) is 8.42 Å². The number of fused-ring (bicyclic) bond motifs is 1. The summed E-state index contributed by atoms with van der Waals surface area (Å²) in [5.41, 5.74) is 2.91. The zero-order valence-corrected chi connectivity index (χ0v) is 29.2. The molecule has 5 nitrogen and oxygen atoms in total. The number of nitrogens with zero attached hydrogens (tertiary/aromatic N) is 1. The van der Waals surface area contributed by atoms with Gasteiger partial charge in [0, 0.05) is 6.54 Å². The van der Waals surface area contributed by atoms with Crippen molar-refractivity contribution in [1.82, 2.24) is 0 Å².